The number of amides is 1. The molecule has 1 amide bonds. The number of nitrogens with one attached hydrogen (secondary N) is 1. The zero-order valence-corrected chi connectivity index (χ0v) is 12.4. The van der Waals surface area contributed by atoms with Crippen molar-refractivity contribution < 1.29 is 9.18 Å². The Hall–Kier alpha value is -1.17. The Kier molecular flexibility index (Phi) is 4.39. The smallest absolute Gasteiger partial charge is 0.274 e. The molecule has 1 aromatic carbocycles. The monoisotopic (exact) mass is 362 g/mol. The Labute approximate surface area is 126 Å². The number of benzene rings is 1. The van der Waals surface area contributed by atoms with Crippen molar-refractivity contribution in [3.05, 3.63) is 56.5 Å². The predicted octanol–water partition coefficient (Wildman–Crippen LogP) is 4.54. The van der Waals surface area contributed by atoms with Gasteiger partial charge in [0.2, 0.25) is 0 Å². The van der Waals surface area contributed by atoms with Gasteiger partial charge in [0.25, 0.3) is 5.91 Å². The molecule has 0 aliphatic carbocycles. The van der Waals surface area contributed by atoms with Crippen LogP contribution in [0.15, 0.2) is 34.9 Å². The molecule has 98 valence electrons. The molecule has 0 saturated carbocycles. The molecule has 2 rings (SSSR count). The third kappa shape index (κ3) is 3.43. The molecule has 0 radical (unpaired) electrons. The summed E-state index contributed by atoms with van der Waals surface area (Å²) in [4.78, 5) is 15.9. The van der Waals surface area contributed by atoms with Crippen molar-refractivity contribution in [2.45, 2.75) is 0 Å². The zero-order chi connectivity index (χ0) is 14.0. The first-order chi connectivity index (χ1) is 8.97. The van der Waals surface area contributed by atoms with Crippen molar-refractivity contribution in [3.63, 3.8) is 0 Å². The van der Waals surface area contributed by atoms with E-state index >= 15 is 0 Å². The van der Waals surface area contributed by atoms with E-state index in [1.54, 1.807) is 12.1 Å². The SMILES string of the molecule is O=C(Nc1c(Cl)cc(F)cc1Cl)c1cccc(Br)n1. The highest BCUT2D eigenvalue weighted by atomic mass is 79.9. The van der Waals surface area contributed by atoms with Gasteiger partial charge in [-0.05, 0) is 40.2 Å². The number of hydrogen-bond acceptors (Lipinski definition) is 2. The first-order valence-corrected chi connectivity index (χ1v) is 6.60. The number of hydrogen-bond donors (Lipinski definition) is 1. The number of aromatic nitrogens is 1. The molecule has 3 nitrogen and oxygen atoms in total. The molecule has 0 unspecified atom stereocenters. The lowest BCUT2D eigenvalue weighted by atomic mass is 10.3. The van der Waals surface area contributed by atoms with Gasteiger partial charge < -0.3 is 5.32 Å². The first kappa shape index (κ1) is 14.2. The van der Waals surface area contributed by atoms with Crippen LogP contribution in [-0.4, -0.2) is 10.9 Å². The van der Waals surface area contributed by atoms with Crippen molar-refractivity contribution in [2.75, 3.05) is 5.32 Å². The van der Waals surface area contributed by atoms with Crippen LogP contribution in [0.25, 0.3) is 0 Å². The van der Waals surface area contributed by atoms with Crippen LogP contribution in [0.5, 0.6) is 0 Å². The summed E-state index contributed by atoms with van der Waals surface area (Å²) in [6, 6.07) is 7.02. The van der Waals surface area contributed by atoms with E-state index in [1.165, 1.54) is 6.07 Å². The van der Waals surface area contributed by atoms with Gasteiger partial charge in [-0.15, -0.1) is 0 Å². The van der Waals surface area contributed by atoms with Gasteiger partial charge in [0, 0.05) is 0 Å². The Morgan fingerprint density at radius 2 is 1.89 bits per heavy atom. The van der Waals surface area contributed by atoms with E-state index in [2.05, 4.69) is 26.2 Å². The maximum absolute atomic E-state index is 13.0. The topological polar surface area (TPSA) is 42.0 Å². The second-order valence-corrected chi connectivity index (χ2v) is 5.17. The van der Waals surface area contributed by atoms with E-state index < -0.39 is 11.7 Å². The molecular weight excluding hydrogens is 358 g/mol. The maximum Gasteiger partial charge on any atom is 0.274 e. The molecule has 0 spiro atoms. The van der Waals surface area contributed by atoms with E-state index in [0.717, 1.165) is 12.1 Å². The van der Waals surface area contributed by atoms with Crippen LogP contribution in [0.4, 0.5) is 10.1 Å². The van der Waals surface area contributed by atoms with E-state index in [0.29, 0.717) is 4.60 Å². The number of rotatable bonds is 2. The highest BCUT2D eigenvalue weighted by Crippen LogP contribution is 2.31. The molecule has 0 bridgehead atoms. The summed E-state index contributed by atoms with van der Waals surface area (Å²) in [7, 11) is 0. The summed E-state index contributed by atoms with van der Waals surface area (Å²) in [6.45, 7) is 0. The van der Waals surface area contributed by atoms with Crippen LogP contribution in [0.2, 0.25) is 10.0 Å². The number of nitrogens with zero attached hydrogens (tertiary/aromatic N) is 1. The molecule has 1 N–H and O–H groups in total. The van der Waals surface area contributed by atoms with E-state index in [9.17, 15) is 9.18 Å². The van der Waals surface area contributed by atoms with Gasteiger partial charge in [0.1, 0.15) is 16.1 Å². The molecule has 2 aromatic rings. The molecule has 7 heteroatoms. The number of carbonyl (C=O) groups is 1. The Morgan fingerprint density at radius 3 is 2.47 bits per heavy atom. The van der Waals surface area contributed by atoms with Crippen LogP contribution in [0.3, 0.4) is 0 Å². The average molecular weight is 364 g/mol. The Morgan fingerprint density at radius 1 is 1.26 bits per heavy atom. The number of halogens is 4. The van der Waals surface area contributed by atoms with Crippen LogP contribution in [0.1, 0.15) is 10.5 Å². The average Bonchev–Trinajstić information content (AvgIpc) is 2.33. The Balaban J connectivity index is 2.29. The lowest BCUT2D eigenvalue weighted by molar-refractivity contribution is 0.102. The fourth-order valence-electron chi connectivity index (χ4n) is 1.37. The predicted molar refractivity (Wildman–Crippen MR) is 76.3 cm³/mol. The van der Waals surface area contributed by atoms with Gasteiger partial charge in [-0.1, -0.05) is 29.3 Å². The minimum atomic E-state index is -0.575. The van der Waals surface area contributed by atoms with Gasteiger partial charge in [-0.25, -0.2) is 9.37 Å². The normalized spacial score (nSPS) is 10.3. The summed E-state index contributed by atoms with van der Waals surface area (Å²) in [5.41, 5.74) is 0.336. The molecule has 1 heterocycles. The minimum Gasteiger partial charge on any atom is -0.318 e. The van der Waals surface area contributed by atoms with Gasteiger partial charge in [0.15, 0.2) is 0 Å². The fraction of sp³-hybridized carbons (Fsp3) is 0. The minimum absolute atomic E-state index is 0.0216. The molecule has 0 saturated heterocycles. The summed E-state index contributed by atoms with van der Waals surface area (Å²) < 4.78 is 13.5. The third-order valence-electron chi connectivity index (χ3n) is 2.19. The highest BCUT2D eigenvalue weighted by Gasteiger charge is 2.14. The van der Waals surface area contributed by atoms with Crippen molar-refractivity contribution in [2.24, 2.45) is 0 Å². The molecule has 0 atom stereocenters. The lowest BCUT2D eigenvalue weighted by Gasteiger charge is -2.09. The first-order valence-electron chi connectivity index (χ1n) is 5.06. The summed E-state index contributed by atoms with van der Waals surface area (Å²) >= 11 is 14.8. The van der Waals surface area contributed by atoms with Gasteiger partial charge >= 0.3 is 0 Å². The van der Waals surface area contributed by atoms with Gasteiger partial charge in [0.05, 0.1) is 15.7 Å². The molecular formula is C12H6BrCl2FN2O. The molecule has 0 aliphatic rings. The summed E-state index contributed by atoms with van der Waals surface area (Å²) in [5, 5.41) is 2.54. The maximum atomic E-state index is 13.0. The van der Waals surface area contributed by atoms with Crippen LogP contribution in [0, 0.1) is 5.82 Å². The lowest BCUT2D eigenvalue weighted by Crippen LogP contribution is -2.14. The van der Waals surface area contributed by atoms with Crippen molar-refractivity contribution in [1.29, 1.82) is 0 Å². The van der Waals surface area contributed by atoms with E-state index in [-0.39, 0.29) is 21.4 Å². The summed E-state index contributed by atoms with van der Waals surface area (Å²) in [5.74, 6) is -1.06. The number of pyridine rings is 1. The second-order valence-electron chi connectivity index (χ2n) is 3.54. The van der Waals surface area contributed by atoms with E-state index in [4.69, 9.17) is 23.2 Å². The molecule has 0 aliphatic heterocycles. The largest absolute Gasteiger partial charge is 0.318 e. The van der Waals surface area contributed by atoms with E-state index in [1.807, 2.05) is 0 Å². The Bertz CT molecular complexity index is 628. The molecule has 0 fully saturated rings. The van der Waals surface area contributed by atoms with Crippen molar-refractivity contribution in [1.82, 2.24) is 4.98 Å². The number of anilines is 1. The quantitative estimate of drug-likeness (QED) is 0.795. The molecule has 1 aromatic heterocycles. The van der Waals surface area contributed by atoms with Gasteiger partial charge in [-0.3, -0.25) is 4.79 Å². The fourth-order valence-corrected chi connectivity index (χ4v) is 2.27. The number of carbonyl (C=O) groups excluding carboxylic acids is 1. The third-order valence-corrected chi connectivity index (χ3v) is 3.23. The van der Waals surface area contributed by atoms with Gasteiger partial charge in [-0.2, -0.15) is 0 Å². The van der Waals surface area contributed by atoms with Crippen LogP contribution < -0.4 is 5.32 Å². The molecule has 19 heavy (non-hydrogen) atoms. The standard InChI is InChI=1S/C12H6BrCl2FN2O/c13-10-3-1-2-9(17-10)12(19)18-11-7(14)4-6(16)5-8(11)15/h1-5H,(H,18,19). The second kappa shape index (κ2) is 5.86. The van der Waals surface area contributed by atoms with Crippen molar-refractivity contribution in [3.8, 4) is 0 Å². The van der Waals surface area contributed by atoms with Crippen LogP contribution >= 0.6 is 39.1 Å². The zero-order valence-electron chi connectivity index (χ0n) is 9.25. The van der Waals surface area contributed by atoms with Crippen LogP contribution in [-0.2, 0) is 0 Å². The summed E-state index contributed by atoms with van der Waals surface area (Å²) in [6.07, 6.45) is 0. The highest BCUT2D eigenvalue weighted by molar-refractivity contribution is 9.10. The van der Waals surface area contributed by atoms with Crippen molar-refractivity contribution >= 4 is 50.7 Å².